The van der Waals surface area contributed by atoms with Crippen molar-refractivity contribution in [1.82, 2.24) is 14.6 Å². The number of amides is 2. The van der Waals surface area contributed by atoms with Crippen LogP contribution in [0.15, 0.2) is 36.5 Å². The molecule has 8 atom stereocenters. The first kappa shape index (κ1) is 45.7. The molecule has 2 saturated carbocycles. The van der Waals surface area contributed by atoms with E-state index in [-0.39, 0.29) is 55.3 Å². The van der Waals surface area contributed by atoms with Gasteiger partial charge in [0.05, 0.1) is 48.8 Å². The number of ketones is 1. The number of sulfonamides is 1. The van der Waals surface area contributed by atoms with Crippen LogP contribution in [0.4, 0.5) is 17.6 Å². The van der Waals surface area contributed by atoms with Crippen molar-refractivity contribution in [1.29, 1.82) is 0 Å². The van der Waals surface area contributed by atoms with Gasteiger partial charge in [0.15, 0.2) is 17.3 Å². The SMILES string of the molecule is CC[C@@H]1C[C@H](C)CC/C=C\[C@@H]2C[C@@]2(C(=O)NS(=O)(=O)C2(C)CC2)CC(=O)[C@@H]2C[C@@H](Oc3nccc4cc(OC)c(F)cc34)CN2C(=O)[C@H]1CC(=O)OC1(C(F)(F)F)CCCCO1. The molecule has 1 aromatic heterocycles. The molecule has 2 saturated heterocycles. The van der Waals surface area contributed by atoms with Crippen LogP contribution in [0.3, 0.4) is 0 Å². The summed E-state index contributed by atoms with van der Waals surface area (Å²) >= 11 is 0. The summed E-state index contributed by atoms with van der Waals surface area (Å²) in [6.45, 7) is 4.85. The average molecular weight is 894 g/mol. The number of alkyl halides is 3. The number of nitrogens with zero attached hydrogens (tertiary/aromatic N) is 2. The van der Waals surface area contributed by atoms with E-state index < -0.39 is 111 Å². The first-order chi connectivity index (χ1) is 29.2. The molecule has 0 radical (unpaired) electrons. The fraction of sp³-hybridized carbons (Fsp3) is 0.659. The van der Waals surface area contributed by atoms with Gasteiger partial charge in [0.2, 0.25) is 27.7 Å². The minimum atomic E-state index is -5.04. The van der Waals surface area contributed by atoms with Gasteiger partial charge in [-0.15, -0.1) is 0 Å². The quantitative estimate of drug-likeness (QED) is 0.147. The van der Waals surface area contributed by atoms with Crippen LogP contribution < -0.4 is 14.2 Å². The van der Waals surface area contributed by atoms with Crippen molar-refractivity contribution in [3.63, 3.8) is 0 Å². The summed E-state index contributed by atoms with van der Waals surface area (Å²) in [6, 6.07) is 3.03. The molecule has 0 bridgehead atoms. The minimum absolute atomic E-state index is 0.00373. The number of rotatable bonds is 10. The highest BCUT2D eigenvalue weighted by Gasteiger charge is 2.63. The molecule has 62 heavy (non-hydrogen) atoms. The number of allylic oxidation sites excluding steroid dienone is 2. The van der Waals surface area contributed by atoms with E-state index in [1.165, 1.54) is 30.3 Å². The van der Waals surface area contributed by atoms with Crippen LogP contribution in [0.5, 0.6) is 11.6 Å². The Balaban J connectivity index is 1.24. The van der Waals surface area contributed by atoms with E-state index in [4.69, 9.17) is 18.9 Å². The number of benzene rings is 1. The highest BCUT2D eigenvalue weighted by atomic mass is 32.2. The van der Waals surface area contributed by atoms with Gasteiger partial charge < -0.3 is 23.8 Å². The Bertz CT molecular complexity index is 2210. The van der Waals surface area contributed by atoms with Crippen molar-refractivity contribution < 1.29 is 64.1 Å². The van der Waals surface area contributed by atoms with Gasteiger partial charge in [-0.05, 0) is 99.6 Å². The molecule has 5 aliphatic rings. The number of hydrogen-bond acceptors (Lipinski definition) is 11. The monoisotopic (exact) mass is 893 g/mol. The molecule has 1 N–H and O–H groups in total. The Labute approximate surface area is 358 Å². The standard InChI is InChI=1S/C44H55F4N3O10S/c1-5-27-18-26(2)10-6-7-11-29-23-42(29,40(55)50-62(56,57)41(3)14-15-41)24-35(52)34-20-30(60-38-31-21-33(45)36(58-4)19-28(31)12-16-49-38)25-51(34)39(54)32(27)22-37(53)61-43(44(46,47)48)13-8-9-17-59-43/h7,11-12,16,19,21,26-27,29-30,32,34H,5-6,8-10,13-15,17-18,20,22-25H2,1-4H3,(H,50,55)/b11-7-/t26-,27-,29-,30-,32+,34+,42-,43?/m1/s1. The number of aromatic nitrogens is 1. The van der Waals surface area contributed by atoms with Crippen LogP contribution in [-0.4, -0.2) is 91.0 Å². The van der Waals surface area contributed by atoms with E-state index in [1.54, 1.807) is 13.0 Å². The van der Waals surface area contributed by atoms with E-state index in [0.29, 0.717) is 50.3 Å². The zero-order valence-corrected chi connectivity index (χ0v) is 36.2. The Hall–Kier alpha value is -4.32. The second-order valence-corrected chi connectivity index (χ2v) is 20.4. The van der Waals surface area contributed by atoms with Crippen molar-refractivity contribution in [3.05, 3.63) is 42.4 Å². The largest absolute Gasteiger partial charge is 0.494 e. The fourth-order valence-corrected chi connectivity index (χ4v) is 10.8. The number of carbonyl (C=O) groups excluding carboxylic acids is 4. The maximum atomic E-state index is 15.1. The molecule has 4 heterocycles. The molecule has 7 rings (SSSR count). The van der Waals surface area contributed by atoms with Gasteiger partial charge >= 0.3 is 17.9 Å². The Morgan fingerprint density at radius 3 is 2.53 bits per heavy atom. The molecule has 4 fully saturated rings. The molecule has 1 unspecified atom stereocenters. The summed E-state index contributed by atoms with van der Waals surface area (Å²) in [5, 5.41) is 0.812. The molecule has 1 aromatic carbocycles. The first-order valence-corrected chi connectivity index (χ1v) is 23.0. The van der Waals surface area contributed by atoms with E-state index >= 15 is 4.79 Å². The lowest BCUT2D eigenvalue weighted by atomic mass is 9.79. The number of methoxy groups -OCH3 is 1. The van der Waals surface area contributed by atoms with E-state index in [2.05, 4.69) is 9.71 Å². The van der Waals surface area contributed by atoms with Gasteiger partial charge in [0.25, 0.3) is 0 Å². The molecule has 340 valence electrons. The molecule has 2 aromatic rings. The summed E-state index contributed by atoms with van der Waals surface area (Å²) in [5.74, 6) is -9.41. The number of pyridine rings is 1. The van der Waals surface area contributed by atoms with Crippen molar-refractivity contribution >= 4 is 44.4 Å². The van der Waals surface area contributed by atoms with Crippen LogP contribution in [0.1, 0.15) is 104 Å². The Morgan fingerprint density at radius 1 is 1.11 bits per heavy atom. The maximum absolute atomic E-state index is 15.1. The topological polar surface area (TPSA) is 167 Å². The van der Waals surface area contributed by atoms with Gasteiger partial charge in [0, 0.05) is 30.8 Å². The number of hydrogen-bond donors (Lipinski definition) is 1. The predicted molar refractivity (Wildman–Crippen MR) is 216 cm³/mol. The minimum Gasteiger partial charge on any atom is -0.494 e. The van der Waals surface area contributed by atoms with Gasteiger partial charge in [0.1, 0.15) is 6.10 Å². The number of fused-ring (bicyclic) bond motifs is 3. The van der Waals surface area contributed by atoms with Gasteiger partial charge in [-0.1, -0.05) is 32.4 Å². The smallest absolute Gasteiger partial charge is 0.455 e. The van der Waals surface area contributed by atoms with E-state index in [9.17, 15) is 40.4 Å². The number of carbonyl (C=O) groups is 4. The summed E-state index contributed by atoms with van der Waals surface area (Å²) in [6.07, 6.45) is 0.734. The number of Topliss-reactive ketones (excluding diaryl/α,β-unsaturated/α-hetero) is 1. The molecule has 18 heteroatoms. The lowest BCUT2D eigenvalue weighted by Crippen LogP contribution is -2.53. The van der Waals surface area contributed by atoms with E-state index in [1.807, 2.05) is 26.0 Å². The second-order valence-electron chi connectivity index (χ2n) is 18.2. The number of esters is 1. The van der Waals surface area contributed by atoms with Crippen molar-refractivity contribution in [2.75, 3.05) is 20.3 Å². The van der Waals surface area contributed by atoms with Crippen LogP contribution in [-0.2, 0) is 38.7 Å². The lowest BCUT2D eigenvalue weighted by Gasteiger charge is -2.38. The molecule has 3 aliphatic heterocycles. The van der Waals surface area contributed by atoms with Crippen LogP contribution >= 0.6 is 0 Å². The van der Waals surface area contributed by atoms with Crippen LogP contribution in [0.2, 0.25) is 0 Å². The summed E-state index contributed by atoms with van der Waals surface area (Å²) in [4.78, 5) is 63.3. The summed E-state index contributed by atoms with van der Waals surface area (Å²) in [5.41, 5.74) is -1.43. The molecule has 13 nitrogen and oxygen atoms in total. The second kappa shape index (κ2) is 17.3. The highest BCUT2D eigenvalue weighted by Crippen LogP contribution is 2.58. The maximum Gasteiger partial charge on any atom is 0.455 e. The van der Waals surface area contributed by atoms with Crippen molar-refractivity contribution in [2.45, 2.75) is 133 Å². The Morgan fingerprint density at radius 2 is 1.87 bits per heavy atom. The summed E-state index contributed by atoms with van der Waals surface area (Å²) < 4.78 is 108. The lowest BCUT2D eigenvalue weighted by molar-refractivity contribution is -0.377. The van der Waals surface area contributed by atoms with Crippen molar-refractivity contribution in [2.24, 2.45) is 29.1 Å². The fourth-order valence-electron chi connectivity index (χ4n) is 9.43. The zero-order chi connectivity index (χ0) is 44.8. The third-order valence-electron chi connectivity index (χ3n) is 13.7. The zero-order valence-electron chi connectivity index (χ0n) is 35.4. The third kappa shape index (κ3) is 9.04. The molecular weight excluding hydrogens is 839 g/mol. The molecular formula is C44H55F4N3O10S. The summed E-state index contributed by atoms with van der Waals surface area (Å²) in [7, 11) is -2.74. The van der Waals surface area contributed by atoms with E-state index in [0.717, 1.165) is 0 Å². The molecule has 2 amide bonds. The number of ether oxygens (including phenoxy) is 4. The first-order valence-electron chi connectivity index (χ1n) is 21.5. The number of halogens is 4. The number of nitrogens with one attached hydrogen (secondary N) is 1. The third-order valence-corrected chi connectivity index (χ3v) is 15.9. The van der Waals surface area contributed by atoms with Gasteiger partial charge in [-0.3, -0.25) is 23.9 Å². The van der Waals surface area contributed by atoms with Gasteiger partial charge in [-0.2, -0.15) is 13.2 Å². The van der Waals surface area contributed by atoms with Crippen LogP contribution in [0.25, 0.3) is 10.8 Å². The highest BCUT2D eigenvalue weighted by molar-refractivity contribution is 7.91. The Kier molecular flexibility index (Phi) is 12.8. The normalized spacial score (nSPS) is 32.1. The molecule has 2 aliphatic carbocycles. The molecule has 0 spiro atoms. The predicted octanol–water partition coefficient (Wildman–Crippen LogP) is 7.11. The van der Waals surface area contributed by atoms with Crippen LogP contribution in [0, 0.1) is 34.9 Å². The van der Waals surface area contributed by atoms with Crippen molar-refractivity contribution in [3.8, 4) is 11.6 Å². The van der Waals surface area contributed by atoms with Gasteiger partial charge in [-0.25, -0.2) is 17.8 Å². The average Bonchev–Trinajstić information content (AvgIpc) is 4.10.